The van der Waals surface area contributed by atoms with Crippen LogP contribution in [0.3, 0.4) is 0 Å². The number of nitrogens with two attached hydrogens (primary N) is 1. The van der Waals surface area contributed by atoms with Gasteiger partial charge in [-0.05, 0) is 80.5 Å². The van der Waals surface area contributed by atoms with Crippen LogP contribution < -0.4 is 15.8 Å². The van der Waals surface area contributed by atoms with E-state index in [0.29, 0.717) is 41.4 Å². The van der Waals surface area contributed by atoms with Crippen LogP contribution in [0, 0.1) is 5.92 Å². The van der Waals surface area contributed by atoms with Crippen LogP contribution in [-0.2, 0) is 20.1 Å². The number of methoxy groups -OCH3 is 1. The summed E-state index contributed by atoms with van der Waals surface area (Å²) in [5.74, 6) is 1.91. The minimum Gasteiger partial charge on any atom is -0.494 e. The van der Waals surface area contributed by atoms with Crippen LogP contribution in [0.4, 0.5) is 0 Å². The number of benzene rings is 2. The van der Waals surface area contributed by atoms with Gasteiger partial charge in [0.2, 0.25) is 0 Å². The monoisotopic (exact) mass is 603 g/mol. The number of aryl methyl sites for hydroxylation is 1. The molecule has 0 unspecified atom stereocenters. The molecule has 1 saturated heterocycles. The van der Waals surface area contributed by atoms with Gasteiger partial charge in [-0.25, -0.2) is 9.97 Å². The lowest BCUT2D eigenvalue weighted by atomic mass is 9.99. The second-order valence-corrected chi connectivity index (χ2v) is 12.9. The number of aromatic nitrogens is 4. The Bertz CT molecular complexity index is 2020. The van der Waals surface area contributed by atoms with Crippen molar-refractivity contribution >= 4 is 33.9 Å². The fourth-order valence-electron chi connectivity index (χ4n) is 7.10. The maximum absolute atomic E-state index is 13.7. The molecule has 1 saturated carbocycles. The Morgan fingerprint density at radius 3 is 2.69 bits per heavy atom. The SMILES string of the molecule is COc1cc(C(=O)N2C[C@H](N)CC[C@@H]2C)cc2nc(-c3cc4ccc(-c5cccc6c5CNC6=O)nc4n3CC3CC3)n(C)c12. The van der Waals surface area contributed by atoms with Gasteiger partial charge in [0.1, 0.15) is 16.9 Å². The number of pyridine rings is 1. The van der Waals surface area contributed by atoms with Gasteiger partial charge in [0, 0.05) is 60.8 Å². The quantitative estimate of drug-likeness (QED) is 0.286. The molecule has 3 N–H and O–H groups in total. The molecule has 10 heteroatoms. The first-order valence-electron chi connectivity index (χ1n) is 15.8. The van der Waals surface area contributed by atoms with Crippen molar-refractivity contribution < 1.29 is 14.3 Å². The van der Waals surface area contributed by atoms with E-state index in [1.807, 2.05) is 48.3 Å². The molecular formula is C35H37N7O3. The van der Waals surface area contributed by atoms with Crippen molar-refractivity contribution in [2.24, 2.45) is 18.7 Å². The highest BCUT2D eigenvalue weighted by atomic mass is 16.5. The Kier molecular flexibility index (Phi) is 6.46. The molecule has 2 aromatic carbocycles. The second-order valence-electron chi connectivity index (χ2n) is 12.9. The van der Waals surface area contributed by atoms with Gasteiger partial charge in [-0.3, -0.25) is 9.59 Å². The average molecular weight is 604 g/mol. The summed E-state index contributed by atoms with van der Waals surface area (Å²) >= 11 is 0. The lowest BCUT2D eigenvalue weighted by molar-refractivity contribution is 0.0612. The number of rotatable bonds is 6. The Balaban J connectivity index is 1.25. The molecule has 2 atom stereocenters. The zero-order chi connectivity index (χ0) is 31.0. The van der Waals surface area contributed by atoms with Crippen LogP contribution in [-0.4, -0.2) is 61.6 Å². The van der Waals surface area contributed by atoms with E-state index in [0.717, 1.165) is 64.3 Å². The molecular weight excluding hydrogens is 566 g/mol. The molecule has 2 fully saturated rings. The fraction of sp³-hybridized carbons (Fsp3) is 0.371. The van der Waals surface area contributed by atoms with E-state index >= 15 is 0 Å². The molecule has 2 amide bonds. The van der Waals surface area contributed by atoms with Crippen LogP contribution >= 0.6 is 0 Å². The molecule has 5 aromatic rings. The molecule has 10 nitrogen and oxygen atoms in total. The van der Waals surface area contributed by atoms with Crippen molar-refractivity contribution in [1.82, 2.24) is 29.3 Å². The maximum Gasteiger partial charge on any atom is 0.254 e. The van der Waals surface area contributed by atoms with Crippen LogP contribution in [0.25, 0.3) is 44.8 Å². The van der Waals surface area contributed by atoms with Gasteiger partial charge in [0.05, 0.1) is 24.0 Å². The molecule has 3 aliphatic rings. The topological polar surface area (TPSA) is 120 Å². The number of nitrogens with one attached hydrogen (secondary N) is 1. The standard InChI is InChI=1S/C35H37N7O3/c1-19-7-11-23(36)18-41(19)35(44)22-13-28-31(30(15-22)45-3)40(2)33(39-28)29-14-21-10-12-27(38-32(21)42(29)17-20-8-9-20)24-5-4-6-25-26(24)16-37-34(25)43/h4-6,10,12-15,19-20,23H,7-9,11,16-18,36H2,1-3H3,(H,37,43)/t19-,23+/m0/s1. The molecule has 5 heterocycles. The van der Waals surface area contributed by atoms with Gasteiger partial charge in [-0.15, -0.1) is 0 Å². The smallest absolute Gasteiger partial charge is 0.254 e. The summed E-state index contributed by atoms with van der Waals surface area (Å²) in [5.41, 5.74) is 13.7. The fourth-order valence-corrected chi connectivity index (χ4v) is 7.10. The number of nitrogens with zero attached hydrogens (tertiary/aromatic N) is 5. The third kappa shape index (κ3) is 4.58. The summed E-state index contributed by atoms with van der Waals surface area (Å²) < 4.78 is 10.2. The maximum atomic E-state index is 13.7. The number of imidazole rings is 1. The Morgan fingerprint density at radius 1 is 1.07 bits per heavy atom. The van der Waals surface area contributed by atoms with Gasteiger partial charge in [0.15, 0.2) is 5.82 Å². The van der Waals surface area contributed by atoms with E-state index in [4.69, 9.17) is 20.4 Å². The zero-order valence-corrected chi connectivity index (χ0v) is 25.8. The van der Waals surface area contributed by atoms with Gasteiger partial charge < -0.3 is 29.8 Å². The van der Waals surface area contributed by atoms with E-state index in [9.17, 15) is 9.59 Å². The molecule has 45 heavy (non-hydrogen) atoms. The predicted octanol–water partition coefficient (Wildman–Crippen LogP) is 4.87. The molecule has 1 aliphatic carbocycles. The van der Waals surface area contributed by atoms with Crippen molar-refractivity contribution in [3.63, 3.8) is 0 Å². The van der Waals surface area contributed by atoms with Crippen molar-refractivity contribution in [1.29, 1.82) is 0 Å². The second kappa shape index (κ2) is 10.4. The number of ether oxygens (including phenoxy) is 1. The molecule has 2 aliphatic heterocycles. The minimum absolute atomic E-state index is 0.0123. The third-order valence-corrected chi connectivity index (χ3v) is 9.81. The summed E-state index contributed by atoms with van der Waals surface area (Å²) in [6.45, 7) is 3.98. The van der Waals surface area contributed by atoms with Gasteiger partial charge >= 0.3 is 0 Å². The van der Waals surface area contributed by atoms with E-state index in [1.165, 1.54) is 12.8 Å². The average Bonchev–Trinajstić information content (AvgIpc) is 3.57. The van der Waals surface area contributed by atoms with Crippen LogP contribution in [0.2, 0.25) is 0 Å². The van der Waals surface area contributed by atoms with Gasteiger partial charge in [-0.1, -0.05) is 12.1 Å². The first-order valence-corrected chi connectivity index (χ1v) is 15.8. The molecule has 3 aromatic heterocycles. The first-order chi connectivity index (χ1) is 21.8. The first kappa shape index (κ1) is 27.8. The summed E-state index contributed by atoms with van der Waals surface area (Å²) in [6.07, 6.45) is 4.20. The zero-order valence-electron chi connectivity index (χ0n) is 25.8. The summed E-state index contributed by atoms with van der Waals surface area (Å²) in [5, 5.41) is 3.97. The van der Waals surface area contributed by atoms with E-state index in [1.54, 1.807) is 7.11 Å². The number of carbonyl (C=O) groups is 2. The van der Waals surface area contributed by atoms with Gasteiger partial charge in [0.25, 0.3) is 11.8 Å². The number of piperidine rings is 1. The van der Waals surface area contributed by atoms with Crippen LogP contribution in [0.1, 0.15) is 58.9 Å². The highest BCUT2D eigenvalue weighted by Crippen LogP contribution is 2.39. The lowest BCUT2D eigenvalue weighted by Gasteiger charge is -2.36. The van der Waals surface area contributed by atoms with Crippen LogP contribution in [0.15, 0.2) is 48.5 Å². The normalized spacial score (nSPS) is 19.7. The highest BCUT2D eigenvalue weighted by molar-refractivity contribution is 6.01. The van der Waals surface area contributed by atoms with E-state index < -0.39 is 0 Å². The van der Waals surface area contributed by atoms with E-state index in [-0.39, 0.29) is 23.9 Å². The molecule has 8 rings (SSSR count). The number of hydrogen-bond donors (Lipinski definition) is 2. The van der Waals surface area contributed by atoms with Crippen molar-refractivity contribution in [3.8, 4) is 28.5 Å². The molecule has 230 valence electrons. The summed E-state index contributed by atoms with van der Waals surface area (Å²) in [4.78, 5) is 38.3. The van der Waals surface area contributed by atoms with E-state index in [2.05, 4.69) is 33.5 Å². The largest absolute Gasteiger partial charge is 0.494 e. The minimum atomic E-state index is -0.0473. The third-order valence-electron chi connectivity index (χ3n) is 9.81. The Hall–Kier alpha value is -4.70. The summed E-state index contributed by atoms with van der Waals surface area (Å²) in [6, 6.07) is 16.0. The number of amides is 2. The molecule has 0 spiro atoms. The number of hydrogen-bond acceptors (Lipinski definition) is 6. The number of likely N-dealkylation sites (tertiary alicyclic amines) is 1. The number of fused-ring (bicyclic) bond motifs is 3. The Labute approximate surface area is 261 Å². The van der Waals surface area contributed by atoms with Crippen molar-refractivity contribution in [2.75, 3.05) is 13.7 Å². The highest BCUT2D eigenvalue weighted by Gasteiger charge is 2.31. The summed E-state index contributed by atoms with van der Waals surface area (Å²) in [7, 11) is 3.63. The molecule has 0 radical (unpaired) electrons. The van der Waals surface area contributed by atoms with Gasteiger partial charge in [-0.2, -0.15) is 0 Å². The molecule has 0 bridgehead atoms. The lowest BCUT2D eigenvalue weighted by Crippen LogP contribution is -2.50. The van der Waals surface area contributed by atoms with Crippen molar-refractivity contribution in [2.45, 2.75) is 57.8 Å². The Morgan fingerprint density at radius 2 is 1.89 bits per heavy atom. The predicted molar refractivity (Wildman–Crippen MR) is 173 cm³/mol. The van der Waals surface area contributed by atoms with Crippen molar-refractivity contribution in [3.05, 3.63) is 65.2 Å². The van der Waals surface area contributed by atoms with Crippen LogP contribution in [0.5, 0.6) is 5.75 Å². The number of carbonyl (C=O) groups excluding carboxylic acids is 2.